The summed E-state index contributed by atoms with van der Waals surface area (Å²) in [6.07, 6.45) is 4.97. The van der Waals surface area contributed by atoms with Gasteiger partial charge in [-0.1, -0.05) is 20.3 Å². The third-order valence-corrected chi connectivity index (χ3v) is 2.20. The van der Waals surface area contributed by atoms with Crippen molar-refractivity contribution >= 4 is 0 Å². The minimum atomic E-state index is 0.665. The van der Waals surface area contributed by atoms with Gasteiger partial charge in [0.15, 0.2) is 0 Å². The highest BCUT2D eigenvalue weighted by Crippen LogP contribution is 2.03. The highest BCUT2D eigenvalue weighted by Gasteiger charge is 2.02. The molecule has 0 aromatic carbocycles. The topological polar surface area (TPSA) is 38.0 Å². The zero-order chi connectivity index (χ0) is 10.1. The lowest BCUT2D eigenvalue weighted by molar-refractivity contribution is 0.436. The summed E-state index contributed by atoms with van der Waals surface area (Å²) in [6, 6.07) is 0.665. The molecule has 0 saturated carbocycles. The second-order valence-electron chi connectivity index (χ2n) is 4.33. The Morgan fingerprint density at radius 3 is 2.31 bits per heavy atom. The lowest BCUT2D eigenvalue weighted by atomic mass is 10.1. The summed E-state index contributed by atoms with van der Waals surface area (Å²) < 4.78 is 0. The molecule has 2 nitrogen and oxygen atoms in total. The molecule has 0 aromatic heterocycles. The molecule has 2 heteroatoms. The molecule has 3 N–H and O–H groups in total. The first-order chi connectivity index (χ1) is 6.16. The Morgan fingerprint density at radius 1 is 1.08 bits per heavy atom. The van der Waals surface area contributed by atoms with Gasteiger partial charge in [0.25, 0.3) is 0 Å². The zero-order valence-electron chi connectivity index (χ0n) is 9.47. The summed E-state index contributed by atoms with van der Waals surface area (Å²) in [6.45, 7) is 8.79. The molecule has 13 heavy (non-hydrogen) atoms. The number of rotatable bonds is 8. The van der Waals surface area contributed by atoms with E-state index in [0.717, 1.165) is 19.0 Å². The molecule has 0 aromatic rings. The molecule has 1 atom stereocenters. The number of nitrogens with two attached hydrogens (primary N) is 1. The van der Waals surface area contributed by atoms with Crippen molar-refractivity contribution in [1.29, 1.82) is 0 Å². The second kappa shape index (κ2) is 8.52. The fourth-order valence-electron chi connectivity index (χ4n) is 1.59. The molecule has 0 radical (unpaired) electrons. The Morgan fingerprint density at radius 2 is 1.77 bits per heavy atom. The third-order valence-electron chi connectivity index (χ3n) is 2.20. The van der Waals surface area contributed by atoms with Crippen LogP contribution in [0.4, 0.5) is 0 Å². The van der Waals surface area contributed by atoms with Crippen LogP contribution in [0.25, 0.3) is 0 Å². The molecule has 0 saturated heterocycles. The average molecular weight is 186 g/mol. The van der Waals surface area contributed by atoms with Crippen LogP contribution in [0, 0.1) is 5.92 Å². The van der Waals surface area contributed by atoms with E-state index in [2.05, 4.69) is 26.1 Å². The summed E-state index contributed by atoms with van der Waals surface area (Å²) >= 11 is 0. The molecule has 0 bridgehead atoms. The van der Waals surface area contributed by atoms with Crippen LogP contribution in [0.3, 0.4) is 0 Å². The van der Waals surface area contributed by atoms with Gasteiger partial charge in [-0.3, -0.25) is 0 Å². The quantitative estimate of drug-likeness (QED) is 0.570. The van der Waals surface area contributed by atoms with Crippen molar-refractivity contribution in [1.82, 2.24) is 5.32 Å². The Hall–Kier alpha value is -0.0800. The number of unbranched alkanes of at least 4 members (excludes halogenated alkanes) is 2. The van der Waals surface area contributed by atoms with Gasteiger partial charge in [-0.05, 0) is 45.2 Å². The largest absolute Gasteiger partial charge is 0.330 e. The maximum absolute atomic E-state index is 5.42. The van der Waals surface area contributed by atoms with E-state index in [9.17, 15) is 0 Å². The van der Waals surface area contributed by atoms with Crippen molar-refractivity contribution in [3.8, 4) is 0 Å². The molecule has 0 aliphatic carbocycles. The predicted molar refractivity (Wildman–Crippen MR) is 59.8 cm³/mol. The molecule has 0 amide bonds. The predicted octanol–water partition coefficient (Wildman–Crippen LogP) is 2.14. The van der Waals surface area contributed by atoms with Gasteiger partial charge in [0, 0.05) is 6.04 Å². The van der Waals surface area contributed by atoms with Crippen molar-refractivity contribution in [2.24, 2.45) is 11.7 Å². The minimum absolute atomic E-state index is 0.665. The molecular weight excluding hydrogens is 160 g/mol. The molecular formula is C11H26N2. The van der Waals surface area contributed by atoms with E-state index in [1.54, 1.807) is 0 Å². The Labute approximate surface area is 83.3 Å². The van der Waals surface area contributed by atoms with E-state index in [1.165, 1.54) is 25.7 Å². The fraction of sp³-hybridized carbons (Fsp3) is 1.00. The first-order valence-corrected chi connectivity index (χ1v) is 5.60. The molecule has 0 aliphatic heterocycles. The monoisotopic (exact) mass is 186 g/mol. The van der Waals surface area contributed by atoms with Crippen LogP contribution in [0.2, 0.25) is 0 Å². The maximum Gasteiger partial charge on any atom is 0.00411 e. The molecule has 1 unspecified atom stereocenters. The number of hydrogen-bond donors (Lipinski definition) is 2. The van der Waals surface area contributed by atoms with E-state index >= 15 is 0 Å². The first-order valence-electron chi connectivity index (χ1n) is 5.60. The van der Waals surface area contributed by atoms with Crippen LogP contribution < -0.4 is 11.1 Å². The van der Waals surface area contributed by atoms with Gasteiger partial charge in [-0.2, -0.15) is 0 Å². The van der Waals surface area contributed by atoms with Crippen molar-refractivity contribution < 1.29 is 0 Å². The SMILES string of the molecule is CC(C)CC(C)NCCCCCN. The van der Waals surface area contributed by atoms with Gasteiger partial charge >= 0.3 is 0 Å². The summed E-state index contributed by atoms with van der Waals surface area (Å²) in [5.41, 5.74) is 5.42. The van der Waals surface area contributed by atoms with Crippen LogP contribution in [0.5, 0.6) is 0 Å². The summed E-state index contributed by atoms with van der Waals surface area (Å²) in [5, 5.41) is 3.53. The van der Waals surface area contributed by atoms with Crippen molar-refractivity contribution in [2.75, 3.05) is 13.1 Å². The van der Waals surface area contributed by atoms with E-state index in [1.807, 2.05) is 0 Å². The van der Waals surface area contributed by atoms with Gasteiger partial charge in [0.1, 0.15) is 0 Å². The van der Waals surface area contributed by atoms with Gasteiger partial charge in [-0.25, -0.2) is 0 Å². The second-order valence-corrected chi connectivity index (χ2v) is 4.33. The van der Waals surface area contributed by atoms with E-state index in [0.29, 0.717) is 6.04 Å². The van der Waals surface area contributed by atoms with Gasteiger partial charge in [0.2, 0.25) is 0 Å². The van der Waals surface area contributed by atoms with Crippen molar-refractivity contribution in [3.63, 3.8) is 0 Å². The third kappa shape index (κ3) is 9.84. The van der Waals surface area contributed by atoms with Crippen LogP contribution >= 0.6 is 0 Å². The van der Waals surface area contributed by atoms with Gasteiger partial charge in [0.05, 0.1) is 0 Å². The van der Waals surface area contributed by atoms with Crippen LogP contribution in [-0.4, -0.2) is 19.1 Å². The van der Waals surface area contributed by atoms with Crippen LogP contribution in [-0.2, 0) is 0 Å². The molecule has 0 spiro atoms. The standard InChI is InChI=1S/C11H26N2/c1-10(2)9-11(3)13-8-6-4-5-7-12/h10-11,13H,4-9,12H2,1-3H3. The number of nitrogens with one attached hydrogen (secondary N) is 1. The molecule has 0 fully saturated rings. The van der Waals surface area contributed by atoms with E-state index in [4.69, 9.17) is 5.73 Å². The van der Waals surface area contributed by atoms with E-state index in [-0.39, 0.29) is 0 Å². The lowest BCUT2D eigenvalue weighted by Gasteiger charge is -2.15. The zero-order valence-corrected chi connectivity index (χ0v) is 9.47. The van der Waals surface area contributed by atoms with Crippen LogP contribution in [0.15, 0.2) is 0 Å². The maximum atomic E-state index is 5.42. The summed E-state index contributed by atoms with van der Waals surface area (Å²) in [7, 11) is 0. The van der Waals surface area contributed by atoms with Crippen molar-refractivity contribution in [2.45, 2.75) is 52.5 Å². The molecule has 80 valence electrons. The lowest BCUT2D eigenvalue weighted by Crippen LogP contribution is -2.28. The highest BCUT2D eigenvalue weighted by molar-refractivity contribution is 4.62. The first kappa shape index (κ1) is 12.9. The molecule has 0 rings (SSSR count). The Kier molecular flexibility index (Phi) is 8.46. The molecule has 0 aliphatic rings. The van der Waals surface area contributed by atoms with E-state index < -0.39 is 0 Å². The average Bonchev–Trinajstić information content (AvgIpc) is 2.02. The summed E-state index contributed by atoms with van der Waals surface area (Å²) in [4.78, 5) is 0. The van der Waals surface area contributed by atoms with Crippen molar-refractivity contribution in [3.05, 3.63) is 0 Å². The number of hydrogen-bond acceptors (Lipinski definition) is 2. The smallest absolute Gasteiger partial charge is 0.00411 e. The molecule has 0 heterocycles. The van der Waals surface area contributed by atoms with Gasteiger partial charge < -0.3 is 11.1 Å². The van der Waals surface area contributed by atoms with Gasteiger partial charge in [-0.15, -0.1) is 0 Å². The fourth-order valence-corrected chi connectivity index (χ4v) is 1.59. The van der Waals surface area contributed by atoms with Crippen LogP contribution in [0.1, 0.15) is 46.5 Å². The Balaban J connectivity index is 3.12. The summed E-state index contributed by atoms with van der Waals surface area (Å²) in [5.74, 6) is 0.798. The highest BCUT2D eigenvalue weighted by atomic mass is 14.9. The Bertz CT molecular complexity index is 102. The normalized spacial score (nSPS) is 13.6. The minimum Gasteiger partial charge on any atom is -0.330 e.